The van der Waals surface area contributed by atoms with Crippen LogP contribution in [0.1, 0.15) is 44.9 Å². The highest BCUT2D eigenvalue weighted by Gasteiger charge is 2.27. The van der Waals surface area contributed by atoms with E-state index in [-0.39, 0.29) is 0 Å². The van der Waals surface area contributed by atoms with Crippen molar-refractivity contribution in [2.45, 2.75) is 51.0 Å². The van der Waals surface area contributed by atoms with Gasteiger partial charge in [-0.3, -0.25) is 9.30 Å². The maximum atomic E-state index is 12.1. The van der Waals surface area contributed by atoms with Crippen LogP contribution in [-0.4, -0.2) is 58.4 Å². The summed E-state index contributed by atoms with van der Waals surface area (Å²) in [5, 5.41) is 9.95. The zero-order valence-electron chi connectivity index (χ0n) is 16.8. The van der Waals surface area contributed by atoms with Crippen molar-refractivity contribution in [2.75, 3.05) is 36.6 Å². The molecule has 1 saturated heterocycles. The lowest BCUT2D eigenvalue weighted by molar-refractivity contribution is 0.0854. The number of aromatic nitrogens is 3. The first-order chi connectivity index (χ1) is 14.0. The summed E-state index contributed by atoms with van der Waals surface area (Å²) in [7, 11) is 2.01. The molecular formula is C20H28BrN5O3. The summed E-state index contributed by atoms with van der Waals surface area (Å²) < 4.78 is 8.15. The van der Waals surface area contributed by atoms with Crippen LogP contribution in [0, 0.1) is 5.92 Å². The Morgan fingerprint density at radius 3 is 2.69 bits per heavy atom. The molecule has 2 aromatic rings. The van der Waals surface area contributed by atoms with Gasteiger partial charge < -0.3 is 14.7 Å². The van der Waals surface area contributed by atoms with Gasteiger partial charge in [0.2, 0.25) is 0 Å². The molecule has 2 aromatic heterocycles. The molecule has 1 N–H and O–H groups in total. The summed E-state index contributed by atoms with van der Waals surface area (Å²) in [5.41, 5.74) is 0.720. The van der Waals surface area contributed by atoms with Crippen molar-refractivity contribution in [3.05, 3.63) is 17.0 Å². The minimum atomic E-state index is -0.960. The molecule has 1 saturated carbocycles. The number of imidazole rings is 1. The van der Waals surface area contributed by atoms with Crippen molar-refractivity contribution < 1.29 is 14.6 Å². The molecule has 29 heavy (non-hydrogen) atoms. The average molecular weight is 466 g/mol. The Morgan fingerprint density at radius 1 is 1.28 bits per heavy atom. The van der Waals surface area contributed by atoms with E-state index in [1.807, 2.05) is 11.4 Å². The Hall–Kier alpha value is -1.87. The van der Waals surface area contributed by atoms with Crippen LogP contribution in [-0.2, 0) is 4.74 Å². The van der Waals surface area contributed by atoms with Gasteiger partial charge in [0.25, 0.3) is 0 Å². The molecule has 8 nitrogen and oxygen atoms in total. The summed E-state index contributed by atoms with van der Waals surface area (Å²) in [6, 6.07) is 0.294. The normalized spacial score (nSPS) is 18.8. The Morgan fingerprint density at radius 2 is 2.00 bits per heavy atom. The van der Waals surface area contributed by atoms with Crippen molar-refractivity contribution in [2.24, 2.45) is 5.92 Å². The van der Waals surface area contributed by atoms with Gasteiger partial charge >= 0.3 is 6.09 Å². The van der Waals surface area contributed by atoms with E-state index in [1.54, 1.807) is 12.4 Å². The second kappa shape index (κ2) is 8.87. The standard InChI is InChI=1S/C20H28BrN5O3/c1-24(15-7-9-29-10-8-15)19-18-22-11-16(21)25(18)13-17(23-19)26(20(27)28)12-14-5-3-2-4-6-14/h11,13-15H,2-10,12H2,1H3,(H,27,28). The largest absolute Gasteiger partial charge is 0.465 e. The number of carbonyl (C=O) groups is 1. The predicted octanol–water partition coefficient (Wildman–Crippen LogP) is 4.17. The quantitative estimate of drug-likeness (QED) is 0.712. The van der Waals surface area contributed by atoms with Gasteiger partial charge in [0.05, 0.1) is 12.4 Å². The van der Waals surface area contributed by atoms with Gasteiger partial charge in [0.15, 0.2) is 17.3 Å². The van der Waals surface area contributed by atoms with Gasteiger partial charge in [0.1, 0.15) is 4.60 Å². The van der Waals surface area contributed by atoms with Crippen LogP contribution in [0.5, 0.6) is 0 Å². The van der Waals surface area contributed by atoms with Crippen LogP contribution in [0.25, 0.3) is 5.65 Å². The van der Waals surface area contributed by atoms with Crippen molar-refractivity contribution in [3.63, 3.8) is 0 Å². The Bertz CT molecular complexity index is 861. The third-order valence-corrected chi connectivity index (χ3v) is 6.75. The fourth-order valence-corrected chi connectivity index (χ4v) is 4.81. The molecule has 0 spiro atoms. The highest BCUT2D eigenvalue weighted by molar-refractivity contribution is 9.10. The molecule has 1 amide bonds. The van der Waals surface area contributed by atoms with Crippen LogP contribution >= 0.6 is 15.9 Å². The van der Waals surface area contributed by atoms with Gasteiger partial charge in [-0.05, 0) is 47.5 Å². The maximum Gasteiger partial charge on any atom is 0.413 e. The molecule has 158 valence electrons. The molecule has 9 heteroatoms. The molecule has 0 bridgehead atoms. The van der Waals surface area contributed by atoms with Crippen molar-refractivity contribution >= 4 is 39.3 Å². The number of amides is 1. The third-order valence-electron chi connectivity index (χ3n) is 6.16. The minimum absolute atomic E-state index is 0.294. The molecule has 0 atom stereocenters. The highest BCUT2D eigenvalue weighted by atomic mass is 79.9. The third kappa shape index (κ3) is 4.35. The second-order valence-corrected chi connectivity index (χ2v) is 8.86. The lowest BCUT2D eigenvalue weighted by atomic mass is 9.89. The predicted molar refractivity (Wildman–Crippen MR) is 115 cm³/mol. The van der Waals surface area contributed by atoms with Crippen LogP contribution in [0.3, 0.4) is 0 Å². The van der Waals surface area contributed by atoms with E-state index in [9.17, 15) is 9.90 Å². The number of rotatable bonds is 5. The summed E-state index contributed by atoms with van der Waals surface area (Å²) in [4.78, 5) is 25.0. The number of hydrogen-bond acceptors (Lipinski definition) is 5. The fraction of sp³-hybridized carbons (Fsp3) is 0.650. The van der Waals surface area contributed by atoms with Crippen LogP contribution < -0.4 is 9.80 Å². The highest BCUT2D eigenvalue weighted by Crippen LogP contribution is 2.30. The van der Waals surface area contributed by atoms with Gasteiger partial charge in [-0.1, -0.05) is 19.3 Å². The molecule has 1 aliphatic heterocycles. The zero-order valence-corrected chi connectivity index (χ0v) is 18.3. The first-order valence-electron chi connectivity index (χ1n) is 10.4. The van der Waals surface area contributed by atoms with E-state index in [1.165, 1.54) is 24.2 Å². The number of hydrogen-bond donors (Lipinski definition) is 1. The van der Waals surface area contributed by atoms with Crippen LogP contribution in [0.15, 0.2) is 17.0 Å². The topological polar surface area (TPSA) is 83.2 Å². The zero-order chi connectivity index (χ0) is 20.4. The van der Waals surface area contributed by atoms with Gasteiger partial charge in [-0.25, -0.2) is 14.8 Å². The van der Waals surface area contributed by atoms with Gasteiger partial charge in [-0.15, -0.1) is 0 Å². The van der Waals surface area contributed by atoms with E-state index in [0.717, 1.165) is 49.1 Å². The summed E-state index contributed by atoms with van der Waals surface area (Å²) in [6.45, 7) is 1.94. The SMILES string of the molecule is CN(c1nc(N(CC2CCCCC2)C(=O)O)cn2c(Br)cnc12)C1CCOCC1. The smallest absolute Gasteiger partial charge is 0.413 e. The van der Waals surface area contributed by atoms with E-state index in [0.29, 0.717) is 30.1 Å². The number of anilines is 2. The number of nitrogens with zero attached hydrogens (tertiary/aromatic N) is 5. The summed E-state index contributed by atoms with van der Waals surface area (Å²) >= 11 is 3.53. The molecule has 4 rings (SSSR count). The van der Waals surface area contributed by atoms with E-state index in [4.69, 9.17) is 9.72 Å². The fourth-order valence-electron chi connectivity index (χ4n) is 4.44. The maximum absolute atomic E-state index is 12.1. The summed E-state index contributed by atoms with van der Waals surface area (Å²) in [6.07, 6.45) is 10.1. The molecular weight excluding hydrogens is 438 g/mol. The number of fused-ring (bicyclic) bond motifs is 1. The average Bonchev–Trinajstić information content (AvgIpc) is 3.13. The Labute approximate surface area is 179 Å². The van der Waals surface area contributed by atoms with E-state index < -0.39 is 6.09 Å². The monoisotopic (exact) mass is 465 g/mol. The van der Waals surface area contributed by atoms with Crippen LogP contribution in [0.2, 0.25) is 0 Å². The first kappa shape index (κ1) is 20.4. The van der Waals surface area contributed by atoms with Gasteiger partial charge in [0, 0.05) is 32.8 Å². The van der Waals surface area contributed by atoms with Crippen molar-refractivity contribution in [3.8, 4) is 0 Å². The van der Waals surface area contributed by atoms with E-state index >= 15 is 0 Å². The minimum Gasteiger partial charge on any atom is -0.465 e. The summed E-state index contributed by atoms with van der Waals surface area (Å²) in [5.74, 6) is 1.54. The molecule has 2 aliphatic rings. The van der Waals surface area contributed by atoms with E-state index in [2.05, 4.69) is 25.8 Å². The molecule has 0 unspecified atom stereocenters. The lowest BCUT2D eigenvalue weighted by Gasteiger charge is -2.33. The Kier molecular flexibility index (Phi) is 6.24. The molecule has 3 heterocycles. The number of ether oxygens (including phenoxy) is 1. The number of carboxylic acid groups (broad SMARTS) is 1. The molecule has 0 aromatic carbocycles. The number of halogens is 1. The molecule has 2 fully saturated rings. The first-order valence-corrected chi connectivity index (χ1v) is 11.2. The van der Waals surface area contributed by atoms with Crippen molar-refractivity contribution in [1.29, 1.82) is 0 Å². The Balaban J connectivity index is 1.70. The van der Waals surface area contributed by atoms with Crippen LogP contribution in [0.4, 0.5) is 16.4 Å². The lowest BCUT2D eigenvalue weighted by Crippen LogP contribution is -2.39. The van der Waals surface area contributed by atoms with Gasteiger partial charge in [-0.2, -0.15) is 0 Å². The van der Waals surface area contributed by atoms with Crippen molar-refractivity contribution in [1.82, 2.24) is 14.4 Å². The molecule has 1 aliphatic carbocycles. The molecule has 0 radical (unpaired) electrons. The second-order valence-electron chi connectivity index (χ2n) is 8.05.